The van der Waals surface area contributed by atoms with Crippen molar-refractivity contribution in [2.45, 2.75) is 13.1 Å². The summed E-state index contributed by atoms with van der Waals surface area (Å²) in [7, 11) is 0. The van der Waals surface area contributed by atoms with Gasteiger partial charge in [-0.15, -0.1) is 0 Å². The minimum atomic E-state index is -0.735. The molecule has 8 nitrogen and oxygen atoms in total. The molecular weight excluding hydrogens is 372 g/mol. The van der Waals surface area contributed by atoms with Crippen LogP contribution in [0.15, 0.2) is 64.9 Å². The molecule has 0 spiro atoms. The normalized spacial score (nSPS) is 19.7. The first-order valence-electron chi connectivity index (χ1n) is 9.52. The Morgan fingerprint density at radius 3 is 2.38 bits per heavy atom. The second-order valence-corrected chi connectivity index (χ2v) is 7.07. The van der Waals surface area contributed by atoms with Crippen LogP contribution in [-0.4, -0.2) is 58.7 Å². The Morgan fingerprint density at radius 1 is 0.931 bits per heavy atom. The summed E-state index contributed by atoms with van der Waals surface area (Å²) in [6, 6.07) is 12.9. The average molecular weight is 394 g/mol. The van der Waals surface area contributed by atoms with E-state index in [2.05, 4.69) is 22.3 Å². The van der Waals surface area contributed by atoms with Crippen LogP contribution < -0.4 is 5.32 Å². The topological polar surface area (TPSA) is 86.1 Å². The fourth-order valence-electron chi connectivity index (χ4n) is 3.46. The van der Waals surface area contributed by atoms with Gasteiger partial charge in [-0.3, -0.25) is 24.7 Å². The van der Waals surface area contributed by atoms with Crippen molar-refractivity contribution in [1.29, 1.82) is 0 Å². The molecule has 2 aromatic rings. The molecule has 150 valence electrons. The first-order valence-corrected chi connectivity index (χ1v) is 9.52. The summed E-state index contributed by atoms with van der Waals surface area (Å²) in [6.07, 6.45) is 3.04. The van der Waals surface area contributed by atoms with Gasteiger partial charge in [-0.1, -0.05) is 30.3 Å². The Morgan fingerprint density at radius 2 is 1.69 bits per heavy atom. The number of carbonyl (C=O) groups excluding carboxylic acids is 3. The van der Waals surface area contributed by atoms with Crippen LogP contribution >= 0.6 is 0 Å². The zero-order valence-corrected chi connectivity index (χ0v) is 15.9. The van der Waals surface area contributed by atoms with Gasteiger partial charge < -0.3 is 9.32 Å². The molecule has 4 amide bonds. The molecule has 0 radical (unpaired) electrons. The molecule has 0 bridgehead atoms. The third kappa shape index (κ3) is 4.38. The maximum absolute atomic E-state index is 12.7. The van der Waals surface area contributed by atoms with Crippen molar-refractivity contribution in [3.8, 4) is 0 Å². The maximum atomic E-state index is 12.7. The highest BCUT2D eigenvalue weighted by molar-refractivity contribution is 6.28. The van der Waals surface area contributed by atoms with Crippen molar-refractivity contribution in [3.63, 3.8) is 0 Å². The number of furan rings is 1. The van der Waals surface area contributed by atoms with E-state index in [4.69, 9.17) is 4.42 Å². The van der Waals surface area contributed by atoms with Crippen LogP contribution in [0.2, 0.25) is 0 Å². The van der Waals surface area contributed by atoms with Crippen LogP contribution in [0.25, 0.3) is 0 Å². The van der Waals surface area contributed by atoms with Crippen LogP contribution in [0.5, 0.6) is 0 Å². The highest BCUT2D eigenvalue weighted by Gasteiger charge is 2.36. The number of barbiturate groups is 1. The van der Waals surface area contributed by atoms with Gasteiger partial charge in [0.1, 0.15) is 11.3 Å². The van der Waals surface area contributed by atoms with Gasteiger partial charge in [-0.05, 0) is 17.7 Å². The molecule has 2 saturated heterocycles. The van der Waals surface area contributed by atoms with Crippen molar-refractivity contribution in [2.75, 3.05) is 26.2 Å². The highest BCUT2D eigenvalue weighted by atomic mass is 16.3. The number of rotatable bonds is 5. The van der Waals surface area contributed by atoms with E-state index in [0.717, 1.165) is 24.5 Å². The lowest BCUT2D eigenvalue weighted by Crippen LogP contribution is -2.54. The molecule has 3 heterocycles. The molecule has 0 aliphatic carbocycles. The monoisotopic (exact) mass is 394 g/mol. The van der Waals surface area contributed by atoms with Crippen molar-refractivity contribution in [3.05, 3.63) is 71.8 Å². The zero-order valence-electron chi connectivity index (χ0n) is 15.9. The lowest BCUT2D eigenvalue weighted by Gasteiger charge is -2.35. The number of amides is 4. The van der Waals surface area contributed by atoms with Gasteiger partial charge in [0, 0.05) is 38.9 Å². The van der Waals surface area contributed by atoms with Crippen molar-refractivity contribution < 1.29 is 18.8 Å². The summed E-state index contributed by atoms with van der Waals surface area (Å²) in [6.45, 7) is 3.89. The Kier molecular flexibility index (Phi) is 5.44. The molecule has 8 heteroatoms. The molecule has 4 rings (SSSR count). The Balaban J connectivity index is 1.40. The first-order chi connectivity index (χ1) is 14.1. The minimum Gasteiger partial charge on any atom is -0.467 e. The molecule has 1 aromatic carbocycles. The molecule has 0 atom stereocenters. The van der Waals surface area contributed by atoms with E-state index in [1.807, 2.05) is 23.1 Å². The van der Waals surface area contributed by atoms with E-state index in [-0.39, 0.29) is 12.1 Å². The van der Waals surface area contributed by atoms with Gasteiger partial charge in [-0.2, -0.15) is 0 Å². The van der Waals surface area contributed by atoms with Gasteiger partial charge in [0.25, 0.3) is 11.8 Å². The number of nitrogens with one attached hydrogen (secondary N) is 1. The Bertz CT molecular complexity index is 915. The third-order valence-corrected chi connectivity index (χ3v) is 5.05. The smallest absolute Gasteiger partial charge is 0.331 e. The number of carbonyl (C=O) groups is 3. The number of piperazine rings is 1. The van der Waals surface area contributed by atoms with Crippen LogP contribution in [0.1, 0.15) is 11.3 Å². The van der Waals surface area contributed by atoms with Gasteiger partial charge in [0.05, 0.1) is 12.8 Å². The van der Waals surface area contributed by atoms with E-state index in [0.29, 0.717) is 18.8 Å². The maximum Gasteiger partial charge on any atom is 0.331 e. The number of hydrogen-bond acceptors (Lipinski definition) is 6. The van der Waals surface area contributed by atoms with Gasteiger partial charge in [0.2, 0.25) is 0 Å². The first kappa shape index (κ1) is 18.9. The van der Waals surface area contributed by atoms with Crippen LogP contribution in [-0.2, 0) is 22.7 Å². The van der Waals surface area contributed by atoms with Gasteiger partial charge in [0.15, 0.2) is 0 Å². The van der Waals surface area contributed by atoms with E-state index < -0.39 is 17.8 Å². The summed E-state index contributed by atoms with van der Waals surface area (Å²) in [5.74, 6) is -0.805. The highest BCUT2D eigenvalue weighted by Crippen LogP contribution is 2.16. The predicted octanol–water partition coefficient (Wildman–Crippen LogP) is 1.56. The van der Waals surface area contributed by atoms with E-state index in [1.165, 1.54) is 11.8 Å². The van der Waals surface area contributed by atoms with Crippen molar-refractivity contribution in [2.24, 2.45) is 0 Å². The van der Waals surface area contributed by atoms with Crippen molar-refractivity contribution in [1.82, 2.24) is 20.0 Å². The molecule has 2 fully saturated rings. The molecule has 29 heavy (non-hydrogen) atoms. The molecule has 2 aliphatic rings. The molecule has 1 N–H and O–H groups in total. The second kappa shape index (κ2) is 8.32. The number of imide groups is 2. The van der Waals surface area contributed by atoms with Crippen molar-refractivity contribution >= 4 is 17.8 Å². The summed E-state index contributed by atoms with van der Waals surface area (Å²) in [4.78, 5) is 42.3. The third-order valence-electron chi connectivity index (χ3n) is 5.05. The Hall–Kier alpha value is -3.39. The minimum absolute atomic E-state index is 0.0207. The Labute approximate surface area is 168 Å². The summed E-state index contributed by atoms with van der Waals surface area (Å²) in [5.41, 5.74) is 1.22. The predicted molar refractivity (Wildman–Crippen MR) is 104 cm³/mol. The zero-order chi connectivity index (χ0) is 20.2. The molecule has 2 aliphatic heterocycles. The van der Waals surface area contributed by atoms with Crippen LogP contribution in [0.3, 0.4) is 0 Å². The van der Waals surface area contributed by atoms with E-state index in [9.17, 15) is 14.4 Å². The van der Waals surface area contributed by atoms with Gasteiger partial charge >= 0.3 is 6.03 Å². The lowest BCUT2D eigenvalue weighted by atomic mass is 10.1. The number of nitrogens with zero attached hydrogens (tertiary/aromatic N) is 3. The summed E-state index contributed by atoms with van der Waals surface area (Å²) >= 11 is 0. The fraction of sp³-hybridized carbons (Fsp3) is 0.286. The summed E-state index contributed by atoms with van der Waals surface area (Å²) in [5, 5.41) is 2.23. The number of urea groups is 1. The standard InChI is InChI=1S/C21H22N4O4/c26-19-18(20(27)25(21(28)22-19)14-17-7-4-12-29-17)15-24-10-8-23(9-11-24)13-16-5-2-1-3-6-16/h1-7,12,15H,8-11,13-14H2,(H,22,26,28)/b18-15-. The average Bonchev–Trinajstić information content (AvgIpc) is 3.24. The van der Waals surface area contributed by atoms with Crippen LogP contribution in [0.4, 0.5) is 4.79 Å². The fourth-order valence-corrected chi connectivity index (χ4v) is 3.46. The quantitative estimate of drug-likeness (QED) is 0.612. The SMILES string of the molecule is O=C1NC(=O)N(Cc2ccco2)C(=O)/C1=C\N1CCN(Cc2ccccc2)CC1. The largest absolute Gasteiger partial charge is 0.467 e. The second-order valence-electron chi connectivity index (χ2n) is 7.07. The van der Waals surface area contributed by atoms with Gasteiger partial charge in [-0.25, -0.2) is 4.79 Å². The van der Waals surface area contributed by atoms with E-state index in [1.54, 1.807) is 18.3 Å². The van der Waals surface area contributed by atoms with Crippen LogP contribution in [0, 0.1) is 0 Å². The molecular formula is C21H22N4O4. The number of benzene rings is 1. The molecule has 0 unspecified atom stereocenters. The summed E-state index contributed by atoms with van der Waals surface area (Å²) < 4.78 is 5.21. The number of hydrogen-bond donors (Lipinski definition) is 1. The molecule has 0 saturated carbocycles. The van der Waals surface area contributed by atoms with E-state index >= 15 is 0 Å². The molecule has 1 aromatic heterocycles. The lowest BCUT2D eigenvalue weighted by molar-refractivity contribution is -0.131.